The van der Waals surface area contributed by atoms with Gasteiger partial charge in [-0.1, -0.05) is 41.9 Å². The number of nitrogens with zero attached hydrogens (tertiary/aromatic N) is 4. The molecule has 28 heavy (non-hydrogen) atoms. The van der Waals surface area contributed by atoms with E-state index in [1.807, 2.05) is 59.5 Å². The quantitative estimate of drug-likeness (QED) is 0.684. The van der Waals surface area contributed by atoms with Crippen molar-refractivity contribution in [2.75, 3.05) is 31.1 Å². The lowest BCUT2D eigenvalue weighted by Gasteiger charge is -2.36. The molecule has 0 spiro atoms. The van der Waals surface area contributed by atoms with Crippen molar-refractivity contribution in [3.63, 3.8) is 0 Å². The second-order valence-corrected chi connectivity index (χ2v) is 7.27. The van der Waals surface area contributed by atoms with Crippen LogP contribution in [0, 0.1) is 11.3 Å². The van der Waals surface area contributed by atoms with Crippen LogP contribution in [0.3, 0.4) is 0 Å². The Morgan fingerprint density at radius 2 is 1.86 bits per heavy atom. The second-order valence-electron chi connectivity index (χ2n) is 6.83. The number of amides is 1. The molecule has 1 amide bonds. The summed E-state index contributed by atoms with van der Waals surface area (Å²) in [5.74, 6) is 0.110. The van der Waals surface area contributed by atoms with Crippen LogP contribution in [0.15, 0.2) is 54.6 Å². The molecule has 4 rings (SSSR count). The number of aromatic nitrogens is 1. The first-order valence-corrected chi connectivity index (χ1v) is 9.59. The number of piperazine rings is 1. The van der Waals surface area contributed by atoms with Gasteiger partial charge in [0.05, 0.1) is 11.9 Å². The highest BCUT2D eigenvalue weighted by Gasteiger charge is 2.23. The van der Waals surface area contributed by atoms with Crippen molar-refractivity contribution >= 4 is 34.1 Å². The van der Waals surface area contributed by atoms with Gasteiger partial charge in [-0.15, -0.1) is 0 Å². The average Bonchev–Trinajstić information content (AvgIpc) is 2.73. The first kappa shape index (κ1) is 18.3. The number of carbonyl (C=O) groups excluding carboxylic acids is 1. The highest BCUT2D eigenvalue weighted by atomic mass is 35.5. The van der Waals surface area contributed by atoms with Gasteiger partial charge in [0.1, 0.15) is 11.8 Å². The van der Waals surface area contributed by atoms with E-state index < -0.39 is 0 Å². The smallest absolute Gasteiger partial charge is 0.227 e. The van der Waals surface area contributed by atoms with Crippen molar-refractivity contribution in [3.05, 3.63) is 70.9 Å². The van der Waals surface area contributed by atoms with Crippen molar-refractivity contribution in [3.8, 4) is 6.07 Å². The highest BCUT2D eigenvalue weighted by molar-refractivity contribution is 6.30. The van der Waals surface area contributed by atoms with E-state index in [4.69, 9.17) is 11.6 Å². The van der Waals surface area contributed by atoms with Crippen LogP contribution in [0.1, 0.15) is 11.3 Å². The molecule has 5 nitrogen and oxygen atoms in total. The Morgan fingerprint density at radius 3 is 2.61 bits per heavy atom. The van der Waals surface area contributed by atoms with E-state index in [1.165, 1.54) is 0 Å². The summed E-state index contributed by atoms with van der Waals surface area (Å²) < 4.78 is 0. The number of benzene rings is 2. The lowest BCUT2D eigenvalue weighted by atomic mass is 10.1. The summed E-state index contributed by atoms with van der Waals surface area (Å²) in [7, 11) is 0. The Hall–Kier alpha value is -3.10. The van der Waals surface area contributed by atoms with Gasteiger partial charge >= 0.3 is 0 Å². The number of halogens is 1. The maximum atomic E-state index is 12.6. The number of anilines is 1. The summed E-state index contributed by atoms with van der Waals surface area (Å²) in [6.45, 7) is 2.75. The summed E-state index contributed by atoms with van der Waals surface area (Å²) in [4.78, 5) is 21.2. The molecule has 1 fully saturated rings. The van der Waals surface area contributed by atoms with E-state index in [2.05, 4.69) is 16.0 Å². The lowest BCUT2D eigenvalue weighted by Crippen LogP contribution is -2.49. The minimum absolute atomic E-state index is 0.110. The Morgan fingerprint density at radius 1 is 1.07 bits per heavy atom. The Balaban J connectivity index is 1.48. The monoisotopic (exact) mass is 390 g/mol. The van der Waals surface area contributed by atoms with Crippen molar-refractivity contribution in [1.82, 2.24) is 9.88 Å². The largest absolute Gasteiger partial charge is 0.367 e. The maximum absolute atomic E-state index is 12.6. The summed E-state index contributed by atoms with van der Waals surface area (Å²) >= 11 is 6.01. The number of nitriles is 1. The van der Waals surface area contributed by atoms with Gasteiger partial charge in [-0.05, 0) is 29.8 Å². The Labute approximate surface area is 168 Å². The number of carbonyl (C=O) groups is 1. The molecule has 1 aromatic heterocycles. The molecule has 0 aliphatic carbocycles. The summed E-state index contributed by atoms with van der Waals surface area (Å²) in [6.07, 6.45) is 0.358. The molecule has 0 N–H and O–H groups in total. The van der Waals surface area contributed by atoms with Gasteiger partial charge in [-0.3, -0.25) is 4.79 Å². The van der Waals surface area contributed by atoms with Crippen molar-refractivity contribution in [2.24, 2.45) is 0 Å². The summed E-state index contributed by atoms with van der Waals surface area (Å²) in [5, 5.41) is 11.0. The minimum Gasteiger partial charge on any atom is -0.367 e. The molecule has 0 radical (unpaired) electrons. The van der Waals surface area contributed by atoms with Gasteiger partial charge < -0.3 is 9.80 Å². The lowest BCUT2D eigenvalue weighted by molar-refractivity contribution is -0.130. The highest BCUT2D eigenvalue weighted by Crippen LogP contribution is 2.27. The van der Waals surface area contributed by atoms with Crippen LogP contribution in [0.2, 0.25) is 5.02 Å². The number of fused-ring (bicyclic) bond motifs is 1. The molecule has 1 aliphatic heterocycles. The average molecular weight is 391 g/mol. The third-order valence-electron chi connectivity index (χ3n) is 5.03. The predicted octanol–water partition coefficient (Wildman–Crippen LogP) is 3.65. The first-order valence-electron chi connectivity index (χ1n) is 9.21. The molecule has 0 unspecified atom stereocenters. The molecule has 1 aliphatic rings. The fourth-order valence-electron chi connectivity index (χ4n) is 3.61. The molecule has 0 bridgehead atoms. The Bertz CT molecular complexity index is 1070. The van der Waals surface area contributed by atoms with E-state index in [9.17, 15) is 10.1 Å². The molecule has 6 heteroatoms. The molecule has 2 heterocycles. The standard InChI is InChI=1S/C22H19ClN4O/c23-17-5-3-4-16(12-17)13-22(28)27-10-8-26(9-11-27)21-14-18(15-24)25-20-7-2-1-6-19(20)21/h1-7,12,14H,8-11,13H2. The van der Waals surface area contributed by atoms with Crippen LogP contribution in [0.25, 0.3) is 10.9 Å². The van der Waals surface area contributed by atoms with Crippen LogP contribution in [0.5, 0.6) is 0 Å². The number of hydrogen-bond donors (Lipinski definition) is 0. The normalized spacial score (nSPS) is 14.1. The molecule has 140 valence electrons. The Kier molecular flexibility index (Phi) is 5.14. The predicted molar refractivity (Wildman–Crippen MR) is 110 cm³/mol. The third-order valence-corrected chi connectivity index (χ3v) is 5.26. The van der Waals surface area contributed by atoms with E-state index >= 15 is 0 Å². The summed E-state index contributed by atoms with van der Waals surface area (Å²) in [6, 6.07) is 19.3. The van der Waals surface area contributed by atoms with Crippen molar-refractivity contribution in [1.29, 1.82) is 5.26 Å². The maximum Gasteiger partial charge on any atom is 0.227 e. The van der Waals surface area contributed by atoms with Crippen LogP contribution in [0.4, 0.5) is 5.69 Å². The molecule has 0 atom stereocenters. The molecule has 3 aromatic rings. The zero-order chi connectivity index (χ0) is 19.5. The third kappa shape index (κ3) is 3.78. The van der Waals surface area contributed by atoms with Gasteiger partial charge in [0, 0.05) is 42.3 Å². The molecule has 1 saturated heterocycles. The van der Waals surface area contributed by atoms with Crippen LogP contribution < -0.4 is 4.90 Å². The topological polar surface area (TPSA) is 60.2 Å². The van der Waals surface area contributed by atoms with E-state index in [0.717, 1.165) is 35.2 Å². The SMILES string of the molecule is N#Cc1cc(N2CCN(C(=O)Cc3cccc(Cl)c3)CC2)c2ccccc2n1. The minimum atomic E-state index is 0.110. The van der Waals surface area contributed by atoms with E-state index in [0.29, 0.717) is 30.2 Å². The van der Waals surface area contributed by atoms with Crippen LogP contribution in [-0.2, 0) is 11.2 Å². The van der Waals surface area contributed by atoms with E-state index in [-0.39, 0.29) is 5.91 Å². The zero-order valence-electron chi connectivity index (χ0n) is 15.3. The van der Waals surface area contributed by atoms with Gasteiger partial charge in [-0.2, -0.15) is 5.26 Å². The molecular weight excluding hydrogens is 372 g/mol. The fourth-order valence-corrected chi connectivity index (χ4v) is 3.82. The van der Waals surface area contributed by atoms with Crippen LogP contribution in [-0.4, -0.2) is 42.0 Å². The van der Waals surface area contributed by atoms with Gasteiger partial charge in [0.25, 0.3) is 0 Å². The number of rotatable bonds is 3. The van der Waals surface area contributed by atoms with E-state index in [1.54, 1.807) is 0 Å². The van der Waals surface area contributed by atoms with Crippen LogP contribution >= 0.6 is 11.6 Å². The van der Waals surface area contributed by atoms with Gasteiger partial charge in [0.2, 0.25) is 5.91 Å². The molecule has 0 saturated carbocycles. The number of pyridine rings is 1. The molecular formula is C22H19ClN4O. The number of para-hydroxylation sites is 1. The second kappa shape index (κ2) is 7.87. The van der Waals surface area contributed by atoms with Crippen molar-refractivity contribution < 1.29 is 4.79 Å². The molecule has 2 aromatic carbocycles. The number of hydrogen-bond acceptors (Lipinski definition) is 4. The van der Waals surface area contributed by atoms with Gasteiger partial charge in [0.15, 0.2) is 0 Å². The van der Waals surface area contributed by atoms with Gasteiger partial charge in [-0.25, -0.2) is 4.98 Å². The summed E-state index contributed by atoms with van der Waals surface area (Å²) in [5.41, 5.74) is 3.16. The first-order chi connectivity index (χ1) is 13.6. The fraction of sp³-hybridized carbons (Fsp3) is 0.227. The zero-order valence-corrected chi connectivity index (χ0v) is 16.1. The van der Waals surface area contributed by atoms with Crippen molar-refractivity contribution in [2.45, 2.75) is 6.42 Å².